The zero-order valence-corrected chi connectivity index (χ0v) is 61.0. The van der Waals surface area contributed by atoms with Gasteiger partial charge in [0.1, 0.15) is 0 Å². The topological polar surface area (TPSA) is 67.2 Å². The van der Waals surface area contributed by atoms with Crippen molar-refractivity contribution >= 4 is 118 Å². The highest BCUT2D eigenvalue weighted by Crippen LogP contribution is 2.53. The van der Waals surface area contributed by atoms with E-state index in [0.29, 0.717) is 11.1 Å². The summed E-state index contributed by atoms with van der Waals surface area (Å²) in [6.07, 6.45) is 0. The molecule has 0 aliphatic carbocycles. The normalized spacial score (nSPS) is 12.5. The van der Waals surface area contributed by atoms with E-state index in [1.54, 1.807) is 0 Å². The van der Waals surface area contributed by atoms with E-state index in [1.807, 2.05) is 12.1 Å². The Morgan fingerprint density at radius 1 is 0.306 bits per heavy atom. The van der Waals surface area contributed by atoms with Gasteiger partial charge in [-0.2, -0.15) is 10.5 Å². The molecule has 4 heterocycles. The molecule has 0 unspecified atom stereocenters. The Morgan fingerprint density at radius 3 is 1.19 bits per heavy atom. The van der Waals surface area contributed by atoms with Gasteiger partial charge in [0.25, 0.3) is 6.71 Å². The average molecular weight is 1380 g/mol. The van der Waals surface area contributed by atoms with Crippen LogP contribution in [0, 0.1) is 22.7 Å². The summed E-state index contributed by atoms with van der Waals surface area (Å²) in [6.45, 7) is 13.4. The van der Waals surface area contributed by atoms with Crippen molar-refractivity contribution in [1.82, 2.24) is 9.13 Å². The maximum atomic E-state index is 11.8. The Kier molecular flexibility index (Phi) is 15.4. The molecule has 2 aliphatic rings. The van der Waals surface area contributed by atoms with Gasteiger partial charge in [-0.05, 0) is 200 Å². The third kappa shape index (κ3) is 10.7. The fraction of sp³-hybridized carbons (Fsp3) is 0.0800. The largest absolute Gasteiger partial charge is 0.311 e. The number of nitriles is 2. The minimum atomic E-state index is -0.361. The molecule has 0 spiro atoms. The summed E-state index contributed by atoms with van der Waals surface area (Å²) in [6, 6.07) is 129. The number of hydrogen-bond donors (Lipinski definition) is 0. The lowest BCUT2D eigenvalue weighted by Crippen LogP contribution is -2.61. The van der Waals surface area contributed by atoms with E-state index in [2.05, 4.69) is 405 Å². The highest BCUT2D eigenvalue weighted by atomic mass is 15.2. The average Bonchev–Trinajstić information content (AvgIpc) is 0.833. The van der Waals surface area contributed by atoms with E-state index < -0.39 is 0 Å². The number of fused-ring (bicyclic) bond motifs is 10. The summed E-state index contributed by atoms with van der Waals surface area (Å²) < 4.78 is 4.80. The second kappa shape index (κ2) is 25.6. The Bertz CT molecular complexity index is 6420. The van der Waals surface area contributed by atoms with Gasteiger partial charge in [0.05, 0.1) is 62.4 Å². The van der Waals surface area contributed by atoms with Gasteiger partial charge < -0.3 is 23.8 Å². The predicted octanol–water partition coefficient (Wildman–Crippen LogP) is 24.4. The first kappa shape index (κ1) is 65.1. The molecule has 108 heavy (non-hydrogen) atoms. The molecule has 7 nitrogen and oxygen atoms in total. The molecule has 512 valence electrons. The molecule has 19 rings (SSSR count). The molecule has 17 aromatic rings. The van der Waals surface area contributed by atoms with Gasteiger partial charge in [0, 0.05) is 89.3 Å². The lowest BCUT2D eigenvalue weighted by molar-refractivity contribution is 0.590. The predicted molar refractivity (Wildman–Crippen MR) is 452 cm³/mol. The molecular weight excluding hydrogens is 1310 g/mol. The number of aromatic nitrogens is 2. The summed E-state index contributed by atoms with van der Waals surface area (Å²) in [7, 11) is 0. The van der Waals surface area contributed by atoms with E-state index in [9.17, 15) is 10.5 Å². The van der Waals surface area contributed by atoms with Crippen LogP contribution in [0.2, 0.25) is 0 Å². The van der Waals surface area contributed by atoms with Crippen LogP contribution in [0.1, 0.15) is 63.8 Å². The number of anilines is 9. The molecule has 2 aliphatic heterocycles. The Labute approximate surface area is 630 Å². The van der Waals surface area contributed by atoms with Crippen LogP contribution in [0.4, 0.5) is 51.2 Å². The number of benzene rings is 15. The first-order valence-corrected chi connectivity index (χ1v) is 37.2. The Balaban J connectivity index is 0.974. The van der Waals surface area contributed by atoms with Gasteiger partial charge in [-0.25, -0.2) is 0 Å². The molecule has 8 heteroatoms. The first-order chi connectivity index (χ1) is 52.8. The van der Waals surface area contributed by atoms with Gasteiger partial charge in [-0.1, -0.05) is 242 Å². The van der Waals surface area contributed by atoms with Crippen LogP contribution in [-0.2, 0) is 10.8 Å². The van der Waals surface area contributed by atoms with E-state index >= 15 is 0 Å². The number of para-hydroxylation sites is 6. The number of hydrogen-bond acceptors (Lipinski definition) is 5. The molecule has 15 aromatic carbocycles. The Hall–Kier alpha value is -13.7. The second-order valence-corrected chi connectivity index (χ2v) is 30.7. The van der Waals surface area contributed by atoms with Crippen molar-refractivity contribution in [3.8, 4) is 68.0 Å². The van der Waals surface area contributed by atoms with Crippen LogP contribution in [0.25, 0.3) is 99.5 Å². The second-order valence-electron chi connectivity index (χ2n) is 30.7. The van der Waals surface area contributed by atoms with Gasteiger partial charge in [-0.15, -0.1) is 0 Å². The van der Waals surface area contributed by atoms with Gasteiger partial charge in [0.15, 0.2) is 0 Å². The lowest BCUT2D eigenvalue weighted by atomic mass is 9.33. The van der Waals surface area contributed by atoms with E-state index in [-0.39, 0.29) is 17.5 Å². The molecule has 0 atom stereocenters. The lowest BCUT2D eigenvalue weighted by Gasteiger charge is -2.45. The zero-order chi connectivity index (χ0) is 73.1. The van der Waals surface area contributed by atoms with Crippen LogP contribution in [-0.4, -0.2) is 15.8 Å². The van der Waals surface area contributed by atoms with Crippen molar-refractivity contribution in [2.75, 3.05) is 14.7 Å². The van der Waals surface area contributed by atoms with Crippen LogP contribution < -0.4 is 31.1 Å². The van der Waals surface area contributed by atoms with Crippen LogP contribution in [0.5, 0.6) is 0 Å². The summed E-state index contributed by atoms with van der Waals surface area (Å²) in [5.74, 6) is 0. The third-order valence-corrected chi connectivity index (χ3v) is 22.2. The van der Waals surface area contributed by atoms with E-state index in [0.717, 1.165) is 156 Å². The van der Waals surface area contributed by atoms with Crippen LogP contribution >= 0.6 is 0 Å². The van der Waals surface area contributed by atoms with Crippen molar-refractivity contribution in [2.45, 2.75) is 52.4 Å². The monoisotopic (exact) mass is 1380 g/mol. The Morgan fingerprint density at radius 2 is 0.722 bits per heavy atom. The van der Waals surface area contributed by atoms with Crippen LogP contribution in [0.3, 0.4) is 0 Å². The van der Waals surface area contributed by atoms with Crippen molar-refractivity contribution in [3.63, 3.8) is 0 Å². The zero-order valence-electron chi connectivity index (χ0n) is 61.0. The van der Waals surface area contributed by atoms with E-state index in [4.69, 9.17) is 0 Å². The summed E-state index contributed by atoms with van der Waals surface area (Å²) >= 11 is 0. The van der Waals surface area contributed by atoms with Crippen molar-refractivity contribution in [1.29, 1.82) is 10.5 Å². The molecule has 0 N–H and O–H groups in total. The molecule has 0 saturated heterocycles. The van der Waals surface area contributed by atoms with Gasteiger partial charge in [-0.3, -0.25) is 0 Å². The minimum Gasteiger partial charge on any atom is -0.311 e. The fourth-order valence-corrected chi connectivity index (χ4v) is 17.1. The smallest absolute Gasteiger partial charge is 0.252 e. The molecule has 0 fully saturated rings. The van der Waals surface area contributed by atoms with Crippen molar-refractivity contribution in [2.24, 2.45) is 0 Å². The molecule has 0 radical (unpaired) electrons. The molecular formula is C100H74BN7. The maximum absolute atomic E-state index is 11.8. The first-order valence-electron chi connectivity index (χ1n) is 37.2. The molecule has 2 aromatic heterocycles. The summed E-state index contributed by atoms with van der Waals surface area (Å²) in [4.78, 5) is 7.42. The number of nitrogens with zero attached hydrogens (tertiary/aromatic N) is 7. The number of rotatable bonds is 11. The van der Waals surface area contributed by atoms with Crippen molar-refractivity contribution < 1.29 is 0 Å². The summed E-state index contributed by atoms with van der Waals surface area (Å²) in [5, 5.41) is 27.5. The highest BCUT2D eigenvalue weighted by Gasteiger charge is 2.45. The van der Waals surface area contributed by atoms with Gasteiger partial charge in [0.2, 0.25) is 0 Å². The van der Waals surface area contributed by atoms with Crippen molar-refractivity contribution in [3.05, 3.63) is 362 Å². The summed E-state index contributed by atoms with van der Waals surface area (Å²) in [5.41, 5.74) is 29.6. The standard InChI is InChI=1S/C100H74BN7/c1-99(2,3)71-46-53-92(83(59-71)66-27-11-7-12-28-66)107-94-56-68(82-55-65(63-102)43-52-91(82)104(73-31-15-9-16-32-73)74-33-17-10-18-34-74)45-50-85(94)101-86-51-49-76(106-89-41-25-21-37-79(89)80-38-22-26-42-90(80)106)62-95(86)108(93-54-47-72(100(4,5)6)60-84(93)67-29-13-8-14-30-67)97-58-70(57-96(107)98(97)101)81-61-75(48-44-69(81)64-103)105-87-39-23-19-35-77(87)78-36-20-24-40-88(78)105/h7-62H,1-6H3. The third-order valence-electron chi connectivity index (χ3n) is 22.2. The fourth-order valence-electron chi connectivity index (χ4n) is 17.1. The van der Waals surface area contributed by atoms with Gasteiger partial charge >= 0.3 is 0 Å². The minimum absolute atomic E-state index is 0.190. The molecule has 0 amide bonds. The molecule has 0 bridgehead atoms. The quantitative estimate of drug-likeness (QED) is 0.121. The van der Waals surface area contributed by atoms with Crippen LogP contribution in [0.15, 0.2) is 340 Å². The SMILES string of the molecule is CC(C)(C)c1ccc(N2c3cc(-c4cc(C#N)ccc4N(c4ccccc4)c4ccccc4)ccc3B3c4ccc(-n5c6ccccc6c6ccccc65)cc4N(c4ccc(C(C)(C)C)cc4-c4ccccc4)c4cc(-c5cc(-n6c7ccccc7c7ccccc76)ccc5C#N)cc2c43)c(-c2ccccc2)c1. The maximum Gasteiger partial charge on any atom is 0.252 e. The molecule has 0 saturated carbocycles. The van der Waals surface area contributed by atoms with E-state index in [1.165, 1.54) is 21.9 Å². The highest BCUT2D eigenvalue weighted by molar-refractivity contribution is 7.00.